The van der Waals surface area contributed by atoms with E-state index in [4.69, 9.17) is 9.98 Å². The van der Waals surface area contributed by atoms with Crippen LogP contribution in [0.5, 0.6) is 0 Å². The van der Waals surface area contributed by atoms with Crippen LogP contribution in [0.4, 0.5) is 0 Å². The Balaban J connectivity index is 1.98. The van der Waals surface area contributed by atoms with Crippen molar-refractivity contribution in [1.29, 1.82) is 0 Å². The fourth-order valence-electron chi connectivity index (χ4n) is 2.80. The third-order valence-corrected chi connectivity index (χ3v) is 6.29. The molecule has 0 atom stereocenters. The van der Waals surface area contributed by atoms with Crippen LogP contribution in [0.1, 0.15) is 43.3 Å². The van der Waals surface area contributed by atoms with Gasteiger partial charge in [0.15, 0.2) is 5.96 Å². The molecule has 130 valence electrons. The van der Waals surface area contributed by atoms with Crippen molar-refractivity contribution in [1.82, 2.24) is 15.2 Å². The largest absolute Gasteiger partial charge is 0.357 e. The molecule has 4 nitrogen and oxygen atoms in total. The van der Waals surface area contributed by atoms with Gasteiger partial charge in [0, 0.05) is 48.0 Å². The van der Waals surface area contributed by atoms with Gasteiger partial charge in [-0.2, -0.15) is 11.8 Å². The normalized spacial score (nSPS) is 18.3. The summed E-state index contributed by atoms with van der Waals surface area (Å²) in [6.07, 6.45) is 1.96. The Labute approximate surface area is 149 Å². The number of nitrogens with zero attached hydrogens (tertiary/aromatic N) is 3. The van der Waals surface area contributed by atoms with E-state index in [0.717, 1.165) is 45.0 Å². The Morgan fingerprint density at radius 1 is 1.39 bits per heavy atom. The minimum Gasteiger partial charge on any atom is -0.357 e. The van der Waals surface area contributed by atoms with E-state index >= 15 is 0 Å². The molecule has 2 heterocycles. The molecule has 23 heavy (non-hydrogen) atoms. The topological polar surface area (TPSA) is 40.5 Å². The van der Waals surface area contributed by atoms with Gasteiger partial charge in [-0.3, -0.25) is 4.99 Å². The van der Waals surface area contributed by atoms with E-state index in [1.807, 2.05) is 11.3 Å². The lowest BCUT2D eigenvalue weighted by Crippen LogP contribution is -2.51. The molecule has 0 aromatic carbocycles. The lowest BCUT2D eigenvalue weighted by molar-refractivity contribution is 0.376. The molecule has 1 fully saturated rings. The maximum Gasteiger partial charge on any atom is 0.193 e. The predicted molar refractivity (Wildman–Crippen MR) is 104 cm³/mol. The summed E-state index contributed by atoms with van der Waals surface area (Å²) in [7, 11) is 0. The number of nitrogens with one attached hydrogen (secondary N) is 1. The number of aryl methyl sites for hydroxylation is 2. The standard InChI is InChI=1S/C17H30N4S2/c1-6-14-13(3)23-15(20-14)8-9-19-16(18-7-2)21-10-11-22-17(4,5)12-21/h6-12H2,1-5H3,(H,18,19). The third kappa shape index (κ3) is 5.38. The van der Waals surface area contributed by atoms with Crippen molar-refractivity contribution in [3.63, 3.8) is 0 Å². The van der Waals surface area contributed by atoms with Crippen LogP contribution >= 0.6 is 23.1 Å². The molecule has 0 amide bonds. The van der Waals surface area contributed by atoms with E-state index in [2.05, 4.69) is 56.6 Å². The van der Waals surface area contributed by atoms with E-state index in [1.54, 1.807) is 0 Å². The second-order valence-electron chi connectivity index (χ2n) is 6.48. The number of thiazole rings is 1. The summed E-state index contributed by atoms with van der Waals surface area (Å²) in [4.78, 5) is 13.3. The SMILES string of the molecule is CCNC(=NCCc1nc(CC)c(C)s1)N1CCSC(C)(C)C1. The van der Waals surface area contributed by atoms with Crippen LogP contribution in [0, 0.1) is 6.92 Å². The first kappa shape index (κ1) is 18.6. The lowest BCUT2D eigenvalue weighted by atomic mass is 10.2. The van der Waals surface area contributed by atoms with Crippen molar-refractivity contribution in [2.75, 3.05) is 31.9 Å². The molecule has 6 heteroatoms. The molecule has 0 radical (unpaired) electrons. The average Bonchev–Trinajstić information content (AvgIpc) is 2.85. The van der Waals surface area contributed by atoms with Gasteiger partial charge < -0.3 is 10.2 Å². The Bertz CT molecular complexity index is 537. The lowest BCUT2D eigenvalue weighted by Gasteiger charge is -2.39. The van der Waals surface area contributed by atoms with Crippen molar-refractivity contribution < 1.29 is 0 Å². The van der Waals surface area contributed by atoms with Crippen molar-refractivity contribution in [3.05, 3.63) is 15.6 Å². The first-order valence-electron chi connectivity index (χ1n) is 8.57. The van der Waals surface area contributed by atoms with Crippen molar-refractivity contribution in [2.45, 2.75) is 52.2 Å². The van der Waals surface area contributed by atoms with E-state index in [0.29, 0.717) is 4.75 Å². The van der Waals surface area contributed by atoms with Crippen LogP contribution in [0.15, 0.2) is 4.99 Å². The van der Waals surface area contributed by atoms with Crippen LogP contribution in [-0.2, 0) is 12.8 Å². The number of hydrogen-bond donors (Lipinski definition) is 1. The monoisotopic (exact) mass is 354 g/mol. The summed E-state index contributed by atoms with van der Waals surface area (Å²) in [5, 5.41) is 4.67. The highest BCUT2D eigenvalue weighted by Gasteiger charge is 2.28. The maximum atomic E-state index is 4.85. The van der Waals surface area contributed by atoms with Gasteiger partial charge in [-0.25, -0.2) is 4.98 Å². The number of aliphatic imine (C=N–C) groups is 1. The van der Waals surface area contributed by atoms with E-state index in [1.165, 1.54) is 21.3 Å². The molecule has 0 spiro atoms. The molecule has 1 aliphatic rings. The van der Waals surface area contributed by atoms with Crippen molar-refractivity contribution in [2.24, 2.45) is 4.99 Å². The number of thioether (sulfide) groups is 1. The van der Waals surface area contributed by atoms with Crippen LogP contribution in [0.2, 0.25) is 0 Å². The van der Waals surface area contributed by atoms with Crippen LogP contribution in [-0.4, -0.2) is 52.5 Å². The molecule has 1 aromatic rings. The first-order valence-corrected chi connectivity index (χ1v) is 10.4. The zero-order chi connectivity index (χ0) is 16.9. The molecule has 0 unspecified atom stereocenters. The van der Waals surface area contributed by atoms with E-state index in [-0.39, 0.29) is 0 Å². The zero-order valence-corrected chi connectivity index (χ0v) is 16.7. The molecule has 1 N–H and O–H groups in total. The van der Waals surface area contributed by atoms with Crippen LogP contribution in [0.25, 0.3) is 0 Å². The molecule has 0 bridgehead atoms. The summed E-state index contributed by atoms with van der Waals surface area (Å²) in [6.45, 7) is 15.0. The fourth-order valence-corrected chi connectivity index (χ4v) is 4.92. The zero-order valence-electron chi connectivity index (χ0n) is 15.1. The van der Waals surface area contributed by atoms with Crippen molar-refractivity contribution >= 4 is 29.1 Å². The van der Waals surface area contributed by atoms with Gasteiger partial charge in [0.05, 0.1) is 10.7 Å². The van der Waals surface area contributed by atoms with Crippen LogP contribution in [0.3, 0.4) is 0 Å². The van der Waals surface area contributed by atoms with E-state index in [9.17, 15) is 0 Å². The summed E-state index contributed by atoms with van der Waals surface area (Å²) in [5.74, 6) is 2.23. The number of aromatic nitrogens is 1. The van der Waals surface area contributed by atoms with Crippen LogP contribution < -0.4 is 5.32 Å². The summed E-state index contributed by atoms with van der Waals surface area (Å²) < 4.78 is 0.302. The highest BCUT2D eigenvalue weighted by molar-refractivity contribution is 8.00. The summed E-state index contributed by atoms with van der Waals surface area (Å²) in [6, 6.07) is 0. The number of guanidine groups is 1. The van der Waals surface area contributed by atoms with E-state index < -0.39 is 0 Å². The Morgan fingerprint density at radius 2 is 2.17 bits per heavy atom. The predicted octanol–water partition coefficient (Wildman–Crippen LogP) is 3.35. The third-order valence-electron chi connectivity index (χ3n) is 3.92. The van der Waals surface area contributed by atoms with Gasteiger partial charge in [0.25, 0.3) is 0 Å². The van der Waals surface area contributed by atoms with Gasteiger partial charge in [-0.15, -0.1) is 11.3 Å². The quantitative estimate of drug-likeness (QED) is 0.650. The highest BCUT2D eigenvalue weighted by Crippen LogP contribution is 2.29. The molecule has 0 saturated carbocycles. The number of rotatable bonds is 5. The Morgan fingerprint density at radius 3 is 2.78 bits per heavy atom. The minimum absolute atomic E-state index is 0.302. The van der Waals surface area contributed by atoms with Gasteiger partial charge in [0.1, 0.15) is 0 Å². The van der Waals surface area contributed by atoms with Gasteiger partial charge in [0.2, 0.25) is 0 Å². The minimum atomic E-state index is 0.302. The molecule has 1 saturated heterocycles. The first-order chi connectivity index (χ1) is 10.9. The van der Waals surface area contributed by atoms with Gasteiger partial charge in [-0.1, -0.05) is 6.92 Å². The maximum absolute atomic E-state index is 4.85. The van der Waals surface area contributed by atoms with Crippen molar-refractivity contribution in [3.8, 4) is 0 Å². The highest BCUT2D eigenvalue weighted by atomic mass is 32.2. The molecular formula is C17H30N4S2. The Hall–Kier alpha value is -0.750. The molecule has 1 aliphatic heterocycles. The molecular weight excluding hydrogens is 324 g/mol. The molecule has 2 rings (SSSR count). The molecule has 1 aromatic heterocycles. The Kier molecular flexibility index (Phi) is 6.77. The van der Waals surface area contributed by atoms with Gasteiger partial charge >= 0.3 is 0 Å². The average molecular weight is 355 g/mol. The smallest absolute Gasteiger partial charge is 0.193 e. The second-order valence-corrected chi connectivity index (χ2v) is 9.57. The van der Waals surface area contributed by atoms with Gasteiger partial charge in [-0.05, 0) is 34.1 Å². The summed E-state index contributed by atoms with van der Waals surface area (Å²) >= 11 is 3.88. The summed E-state index contributed by atoms with van der Waals surface area (Å²) in [5.41, 5.74) is 1.25. The fraction of sp³-hybridized carbons (Fsp3) is 0.765. The molecule has 0 aliphatic carbocycles. The second kappa shape index (κ2) is 8.38. The number of hydrogen-bond acceptors (Lipinski definition) is 4.